The zero-order valence-corrected chi connectivity index (χ0v) is 13.4. The molecule has 0 aliphatic heterocycles. The first-order chi connectivity index (χ1) is 10.7. The van der Waals surface area contributed by atoms with Crippen LogP contribution in [0.2, 0.25) is 0 Å². The summed E-state index contributed by atoms with van der Waals surface area (Å²) in [6, 6.07) is 9.59. The molecule has 112 valence electrons. The molecule has 0 radical (unpaired) electrons. The van der Waals surface area contributed by atoms with Gasteiger partial charge in [-0.3, -0.25) is 4.79 Å². The molecule has 0 atom stereocenters. The summed E-state index contributed by atoms with van der Waals surface area (Å²) in [7, 11) is 0. The number of aromatic nitrogens is 4. The molecule has 1 amide bonds. The van der Waals surface area contributed by atoms with Gasteiger partial charge in [0.1, 0.15) is 6.54 Å². The highest BCUT2D eigenvalue weighted by atomic mass is 32.2. The number of carbonyl (C=O) groups excluding carboxylic acids is 1. The lowest BCUT2D eigenvalue weighted by atomic mass is 10.3. The summed E-state index contributed by atoms with van der Waals surface area (Å²) < 4.78 is 0. The smallest absolute Gasteiger partial charge is 0.248 e. The Morgan fingerprint density at radius 2 is 2.32 bits per heavy atom. The van der Waals surface area contributed by atoms with Crippen LogP contribution in [0.3, 0.4) is 0 Å². The molecule has 3 rings (SSSR count). The van der Waals surface area contributed by atoms with Gasteiger partial charge < -0.3 is 5.32 Å². The number of amides is 1. The third-order valence-electron chi connectivity index (χ3n) is 2.87. The first kappa shape index (κ1) is 14.7. The molecule has 1 N–H and O–H groups in total. The van der Waals surface area contributed by atoms with Crippen molar-refractivity contribution in [2.45, 2.75) is 11.4 Å². The number of thiophene rings is 1. The molecule has 2 aromatic heterocycles. The molecule has 0 saturated heterocycles. The van der Waals surface area contributed by atoms with E-state index in [4.69, 9.17) is 0 Å². The van der Waals surface area contributed by atoms with Crippen molar-refractivity contribution >= 4 is 34.7 Å². The van der Waals surface area contributed by atoms with E-state index in [0.717, 1.165) is 16.1 Å². The molecule has 0 fully saturated rings. The van der Waals surface area contributed by atoms with Crippen LogP contribution < -0.4 is 5.32 Å². The van der Waals surface area contributed by atoms with Crippen molar-refractivity contribution in [3.05, 3.63) is 41.1 Å². The highest BCUT2D eigenvalue weighted by Gasteiger charge is 2.10. The third-order valence-corrected chi connectivity index (χ3v) is 4.28. The van der Waals surface area contributed by atoms with Gasteiger partial charge in [-0.25, -0.2) is 0 Å². The fourth-order valence-electron chi connectivity index (χ4n) is 1.85. The molecular weight excluding hydrogens is 318 g/mol. The van der Waals surface area contributed by atoms with Crippen molar-refractivity contribution in [1.82, 2.24) is 20.2 Å². The lowest BCUT2D eigenvalue weighted by Gasteiger charge is -2.05. The van der Waals surface area contributed by atoms with Crippen LogP contribution in [0.15, 0.2) is 46.0 Å². The quantitative estimate of drug-likeness (QED) is 0.728. The van der Waals surface area contributed by atoms with Crippen LogP contribution in [0.25, 0.3) is 11.4 Å². The molecule has 2 heterocycles. The molecule has 6 nitrogen and oxygen atoms in total. The van der Waals surface area contributed by atoms with Crippen LogP contribution in [0.1, 0.15) is 0 Å². The maximum atomic E-state index is 12.0. The largest absolute Gasteiger partial charge is 0.324 e. The summed E-state index contributed by atoms with van der Waals surface area (Å²) in [5, 5.41) is 18.8. The molecule has 1 aromatic carbocycles. The summed E-state index contributed by atoms with van der Waals surface area (Å²) in [4.78, 5) is 14.4. The Hall–Kier alpha value is -2.19. The number of carbonyl (C=O) groups is 1. The summed E-state index contributed by atoms with van der Waals surface area (Å²) >= 11 is 3.19. The molecule has 0 saturated carbocycles. The fraction of sp³-hybridized carbons (Fsp3) is 0.143. The number of tetrazole rings is 1. The molecule has 0 bridgehead atoms. The molecule has 22 heavy (non-hydrogen) atoms. The van der Waals surface area contributed by atoms with Crippen molar-refractivity contribution in [1.29, 1.82) is 0 Å². The number of anilines is 1. The van der Waals surface area contributed by atoms with Crippen LogP contribution in [0.4, 0.5) is 5.69 Å². The van der Waals surface area contributed by atoms with Gasteiger partial charge in [0.2, 0.25) is 11.7 Å². The van der Waals surface area contributed by atoms with E-state index in [-0.39, 0.29) is 12.5 Å². The Labute approximate surface area is 135 Å². The van der Waals surface area contributed by atoms with Crippen molar-refractivity contribution in [3.63, 3.8) is 0 Å². The number of hydrogen-bond donors (Lipinski definition) is 1. The number of thioether (sulfide) groups is 1. The standard InChI is InChI=1S/C14H13N5OS2/c1-21-12-4-2-3-11(7-12)15-13(20)8-19-17-14(16-18-19)10-5-6-22-9-10/h2-7,9H,8H2,1H3,(H,15,20). The Morgan fingerprint density at radius 1 is 1.41 bits per heavy atom. The maximum absolute atomic E-state index is 12.0. The van der Waals surface area contributed by atoms with Crippen molar-refractivity contribution in [2.24, 2.45) is 0 Å². The summed E-state index contributed by atoms with van der Waals surface area (Å²) in [6.45, 7) is 0.0284. The fourth-order valence-corrected chi connectivity index (χ4v) is 2.94. The number of hydrogen-bond acceptors (Lipinski definition) is 6. The van der Waals surface area contributed by atoms with Crippen LogP contribution >= 0.6 is 23.1 Å². The van der Waals surface area contributed by atoms with E-state index < -0.39 is 0 Å². The maximum Gasteiger partial charge on any atom is 0.248 e. The number of nitrogens with zero attached hydrogens (tertiary/aromatic N) is 4. The van der Waals surface area contributed by atoms with Gasteiger partial charge in [0, 0.05) is 21.5 Å². The van der Waals surface area contributed by atoms with Gasteiger partial charge in [-0.05, 0) is 41.1 Å². The van der Waals surface area contributed by atoms with Gasteiger partial charge >= 0.3 is 0 Å². The van der Waals surface area contributed by atoms with E-state index in [2.05, 4.69) is 20.7 Å². The van der Waals surface area contributed by atoms with Gasteiger partial charge in [0.25, 0.3) is 0 Å². The number of rotatable bonds is 5. The first-order valence-corrected chi connectivity index (χ1v) is 8.65. The minimum Gasteiger partial charge on any atom is -0.324 e. The minimum atomic E-state index is -0.187. The average molecular weight is 331 g/mol. The molecule has 8 heteroatoms. The van der Waals surface area contributed by atoms with E-state index >= 15 is 0 Å². The van der Waals surface area contributed by atoms with Crippen molar-refractivity contribution in [3.8, 4) is 11.4 Å². The summed E-state index contributed by atoms with van der Waals surface area (Å²) in [5.74, 6) is 0.339. The van der Waals surface area contributed by atoms with Gasteiger partial charge in [-0.1, -0.05) is 6.07 Å². The SMILES string of the molecule is CSc1cccc(NC(=O)Cn2nnc(-c3ccsc3)n2)c1. The van der Waals surface area contributed by atoms with E-state index in [1.165, 1.54) is 4.80 Å². The predicted octanol–water partition coefficient (Wildman–Crippen LogP) is 2.76. The van der Waals surface area contributed by atoms with Crippen LogP contribution in [0, 0.1) is 0 Å². The molecule has 0 aliphatic carbocycles. The van der Waals surface area contributed by atoms with Crippen LogP contribution in [-0.2, 0) is 11.3 Å². The van der Waals surface area contributed by atoms with Crippen LogP contribution in [-0.4, -0.2) is 32.4 Å². The molecule has 3 aromatic rings. The Balaban J connectivity index is 1.64. The van der Waals surface area contributed by atoms with E-state index in [0.29, 0.717) is 5.82 Å². The van der Waals surface area contributed by atoms with E-state index in [1.54, 1.807) is 23.1 Å². The zero-order valence-electron chi connectivity index (χ0n) is 11.8. The molecular formula is C14H13N5OS2. The summed E-state index contributed by atoms with van der Waals surface area (Å²) in [5.41, 5.74) is 1.67. The highest BCUT2D eigenvalue weighted by Crippen LogP contribution is 2.19. The summed E-state index contributed by atoms with van der Waals surface area (Å²) in [6.07, 6.45) is 1.99. The van der Waals surface area contributed by atoms with E-state index in [1.807, 2.05) is 47.3 Å². The predicted molar refractivity (Wildman–Crippen MR) is 88.0 cm³/mol. The van der Waals surface area contributed by atoms with Gasteiger partial charge in [0.05, 0.1) is 0 Å². The minimum absolute atomic E-state index is 0.0284. The Morgan fingerprint density at radius 3 is 3.09 bits per heavy atom. The second-order valence-electron chi connectivity index (χ2n) is 4.44. The number of benzene rings is 1. The zero-order chi connectivity index (χ0) is 15.4. The van der Waals surface area contributed by atoms with Gasteiger partial charge in [-0.15, -0.1) is 22.0 Å². The van der Waals surface area contributed by atoms with Crippen molar-refractivity contribution in [2.75, 3.05) is 11.6 Å². The molecule has 0 aliphatic rings. The van der Waals surface area contributed by atoms with Gasteiger partial charge in [0.15, 0.2) is 0 Å². The van der Waals surface area contributed by atoms with Crippen molar-refractivity contribution < 1.29 is 4.79 Å². The highest BCUT2D eigenvalue weighted by molar-refractivity contribution is 7.98. The Bertz CT molecular complexity index is 769. The molecule has 0 unspecified atom stereocenters. The monoisotopic (exact) mass is 331 g/mol. The second kappa shape index (κ2) is 6.71. The Kier molecular flexibility index (Phi) is 4.50. The average Bonchev–Trinajstić information content (AvgIpc) is 3.18. The van der Waals surface area contributed by atoms with E-state index in [9.17, 15) is 4.79 Å². The topological polar surface area (TPSA) is 72.7 Å². The number of nitrogens with one attached hydrogen (secondary N) is 1. The third kappa shape index (κ3) is 3.52. The van der Waals surface area contributed by atoms with Crippen LogP contribution in [0.5, 0.6) is 0 Å². The lowest BCUT2D eigenvalue weighted by Crippen LogP contribution is -2.20. The van der Waals surface area contributed by atoms with Gasteiger partial charge in [-0.2, -0.15) is 16.1 Å². The normalized spacial score (nSPS) is 10.6. The lowest BCUT2D eigenvalue weighted by molar-refractivity contribution is -0.117. The second-order valence-corrected chi connectivity index (χ2v) is 6.10. The molecule has 0 spiro atoms. The first-order valence-electron chi connectivity index (χ1n) is 6.49.